The third kappa shape index (κ3) is 3.43. The van der Waals surface area contributed by atoms with Gasteiger partial charge < -0.3 is 19.3 Å². The van der Waals surface area contributed by atoms with E-state index in [1.54, 1.807) is 15.5 Å². The maximum absolute atomic E-state index is 12.6. The number of carbonyl (C=O) groups is 1. The zero-order valence-corrected chi connectivity index (χ0v) is 16.5. The summed E-state index contributed by atoms with van der Waals surface area (Å²) in [5.74, 6) is 0.0683. The number of halogens is 1. The molecule has 1 aliphatic rings. The number of aromatic nitrogens is 3. The van der Waals surface area contributed by atoms with Gasteiger partial charge in [-0.25, -0.2) is 0 Å². The van der Waals surface area contributed by atoms with E-state index in [1.807, 2.05) is 32.3 Å². The fourth-order valence-corrected chi connectivity index (χ4v) is 3.85. The van der Waals surface area contributed by atoms with Crippen LogP contribution in [0.2, 0.25) is 5.02 Å². The molecule has 4 rings (SSSR count). The van der Waals surface area contributed by atoms with E-state index in [0.717, 1.165) is 17.4 Å². The molecule has 0 unspecified atom stereocenters. The summed E-state index contributed by atoms with van der Waals surface area (Å²) in [4.78, 5) is 14.4. The highest BCUT2D eigenvalue weighted by Gasteiger charge is 2.24. The van der Waals surface area contributed by atoms with E-state index < -0.39 is 0 Å². The molecular weight excluding hydrogens is 380 g/mol. The Morgan fingerprint density at radius 3 is 2.93 bits per heavy atom. The summed E-state index contributed by atoms with van der Waals surface area (Å²) < 4.78 is 7.15. The molecule has 3 heterocycles. The molecule has 146 valence electrons. The first-order valence-electron chi connectivity index (χ1n) is 9.09. The van der Waals surface area contributed by atoms with Gasteiger partial charge in [0.25, 0.3) is 0 Å². The molecule has 8 heteroatoms. The van der Waals surface area contributed by atoms with E-state index in [1.165, 1.54) is 6.07 Å². The van der Waals surface area contributed by atoms with Gasteiger partial charge in [0, 0.05) is 35.8 Å². The van der Waals surface area contributed by atoms with Crippen LogP contribution in [-0.2, 0) is 16.1 Å². The summed E-state index contributed by atoms with van der Waals surface area (Å²) in [6.45, 7) is 3.33. The number of hydrogen-bond acceptors (Lipinski definition) is 5. The minimum absolute atomic E-state index is 0.00469. The lowest BCUT2D eigenvalue weighted by Crippen LogP contribution is -2.39. The van der Waals surface area contributed by atoms with E-state index in [-0.39, 0.29) is 24.2 Å². The van der Waals surface area contributed by atoms with Crippen LogP contribution in [-0.4, -0.2) is 57.0 Å². The zero-order valence-electron chi connectivity index (χ0n) is 15.7. The van der Waals surface area contributed by atoms with Crippen molar-refractivity contribution in [3.63, 3.8) is 0 Å². The van der Waals surface area contributed by atoms with Gasteiger partial charge in [-0.05, 0) is 43.2 Å². The average molecular weight is 401 g/mol. The van der Waals surface area contributed by atoms with Crippen molar-refractivity contribution in [1.29, 1.82) is 0 Å². The summed E-state index contributed by atoms with van der Waals surface area (Å²) >= 11 is 5.99. The van der Waals surface area contributed by atoms with E-state index in [4.69, 9.17) is 16.3 Å². The summed E-state index contributed by atoms with van der Waals surface area (Å²) in [5, 5.41) is 20.2. The number of ether oxygens (including phenoxy) is 1. The quantitative estimate of drug-likeness (QED) is 0.728. The van der Waals surface area contributed by atoms with E-state index in [0.29, 0.717) is 35.1 Å². The predicted molar refractivity (Wildman–Crippen MR) is 106 cm³/mol. The number of aromatic hydroxyl groups is 1. The lowest BCUT2D eigenvalue weighted by molar-refractivity contribution is -0.132. The Labute approximate surface area is 167 Å². The van der Waals surface area contributed by atoms with Crippen LogP contribution in [0.15, 0.2) is 30.5 Å². The number of aryl methyl sites for hydroxylation is 1. The number of phenolic OH excluding ortho intramolecular Hbond substituents is 1. The van der Waals surface area contributed by atoms with E-state index >= 15 is 0 Å². The molecule has 7 nitrogen and oxygen atoms in total. The second kappa shape index (κ2) is 7.41. The van der Waals surface area contributed by atoms with Crippen LogP contribution in [0.4, 0.5) is 0 Å². The Morgan fingerprint density at radius 2 is 2.21 bits per heavy atom. The van der Waals surface area contributed by atoms with Gasteiger partial charge in [-0.3, -0.25) is 4.79 Å². The van der Waals surface area contributed by atoms with Crippen molar-refractivity contribution in [3.8, 4) is 17.0 Å². The summed E-state index contributed by atoms with van der Waals surface area (Å²) in [6, 6.07) is 7.13. The molecule has 1 amide bonds. The van der Waals surface area contributed by atoms with Gasteiger partial charge in [-0.2, -0.15) is 0 Å². The molecule has 1 aromatic carbocycles. The molecule has 0 radical (unpaired) electrons. The largest absolute Gasteiger partial charge is 0.507 e. The Balaban J connectivity index is 1.61. The van der Waals surface area contributed by atoms with Crippen molar-refractivity contribution in [1.82, 2.24) is 19.7 Å². The van der Waals surface area contributed by atoms with Crippen molar-refractivity contribution in [2.45, 2.75) is 25.9 Å². The highest BCUT2D eigenvalue weighted by Crippen LogP contribution is 2.34. The predicted octanol–water partition coefficient (Wildman–Crippen LogP) is 3.01. The fraction of sp³-hybridized carbons (Fsp3) is 0.350. The van der Waals surface area contributed by atoms with Crippen LogP contribution in [0.25, 0.3) is 22.3 Å². The van der Waals surface area contributed by atoms with Crippen molar-refractivity contribution in [2.75, 3.05) is 20.3 Å². The van der Waals surface area contributed by atoms with Crippen LogP contribution in [0.3, 0.4) is 0 Å². The van der Waals surface area contributed by atoms with Crippen molar-refractivity contribution in [3.05, 3.63) is 41.0 Å². The monoisotopic (exact) mass is 400 g/mol. The summed E-state index contributed by atoms with van der Waals surface area (Å²) in [6.07, 6.45) is 2.69. The maximum atomic E-state index is 12.6. The molecule has 3 aromatic rings. The third-order valence-electron chi connectivity index (χ3n) is 5.20. The molecule has 1 atom stereocenters. The molecule has 1 N–H and O–H groups in total. The van der Waals surface area contributed by atoms with Crippen molar-refractivity contribution in [2.24, 2.45) is 0 Å². The van der Waals surface area contributed by atoms with Gasteiger partial charge >= 0.3 is 0 Å². The van der Waals surface area contributed by atoms with Gasteiger partial charge in [0.1, 0.15) is 12.3 Å². The number of likely N-dealkylation sites (N-methyl/N-ethyl adjacent to an activating group) is 1. The third-order valence-corrected chi connectivity index (χ3v) is 5.42. The molecule has 0 bridgehead atoms. The Bertz CT molecular complexity index is 1020. The second-order valence-electron chi connectivity index (χ2n) is 7.09. The van der Waals surface area contributed by atoms with E-state index in [9.17, 15) is 9.90 Å². The first kappa shape index (κ1) is 18.7. The Morgan fingerprint density at radius 1 is 1.39 bits per heavy atom. The average Bonchev–Trinajstić information content (AvgIpc) is 3.30. The number of hydrogen-bond donors (Lipinski definition) is 1. The number of rotatable bonds is 4. The molecular formula is C20H21ClN4O3. The Kier molecular flexibility index (Phi) is 4.95. The highest BCUT2D eigenvalue weighted by atomic mass is 35.5. The van der Waals surface area contributed by atoms with Crippen LogP contribution < -0.4 is 0 Å². The summed E-state index contributed by atoms with van der Waals surface area (Å²) in [5.41, 5.74) is 2.60. The second-order valence-corrected chi connectivity index (χ2v) is 7.53. The number of phenols is 1. The number of benzene rings is 1. The van der Waals surface area contributed by atoms with Gasteiger partial charge in [0.15, 0.2) is 5.65 Å². The molecule has 1 saturated heterocycles. The SMILES string of the molecule is Cc1cc(Cl)cc(O)c1-c1cc2ccn(CC(=O)N(C)[C@@H]3CCOC3)c2nn1. The van der Waals surface area contributed by atoms with Crippen molar-refractivity contribution >= 4 is 28.5 Å². The Hall–Kier alpha value is -2.64. The normalized spacial score (nSPS) is 16.6. The van der Waals surface area contributed by atoms with Gasteiger partial charge in [-0.1, -0.05) is 11.6 Å². The van der Waals surface area contributed by atoms with Crippen LogP contribution >= 0.6 is 11.6 Å². The summed E-state index contributed by atoms with van der Waals surface area (Å²) in [7, 11) is 1.81. The number of carbonyl (C=O) groups excluding carboxylic acids is 1. The minimum atomic E-state index is 0.00469. The molecule has 1 fully saturated rings. The van der Waals surface area contributed by atoms with Gasteiger partial charge in [0.05, 0.1) is 18.3 Å². The first-order valence-corrected chi connectivity index (χ1v) is 9.47. The highest BCUT2D eigenvalue weighted by molar-refractivity contribution is 6.31. The molecule has 28 heavy (non-hydrogen) atoms. The molecule has 0 saturated carbocycles. The number of fused-ring (bicyclic) bond motifs is 1. The van der Waals surface area contributed by atoms with Crippen LogP contribution in [0.5, 0.6) is 5.75 Å². The number of nitrogens with zero attached hydrogens (tertiary/aromatic N) is 4. The molecule has 1 aliphatic heterocycles. The van der Waals surface area contributed by atoms with Crippen LogP contribution in [0, 0.1) is 6.92 Å². The van der Waals surface area contributed by atoms with Crippen LogP contribution in [0.1, 0.15) is 12.0 Å². The topological polar surface area (TPSA) is 80.5 Å². The minimum Gasteiger partial charge on any atom is -0.507 e. The molecule has 0 aliphatic carbocycles. The van der Waals surface area contributed by atoms with E-state index in [2.05, 4.69) is 10.2 Å². The fourth-order valence-electron chi connectivity index (χ4n) is 3.58. The molecule has 0 spiro atoms. The first-order chi connectivity index (χ1) is 13.4. The van der Waals surface area contributed by atoms with Gasteiger partial charge in [0.2, 0.25) is 5.91 Å². The number of amides is 1. The lowest BCUT2D eigenvalue weighted by atomic mass is 10.0. The standard InChI is InChI=1S/C20H21ClN4O3/c1-12-7-14(21)9-17(26)19(12)16-8-13-3-5-25(20(13)23-22-16)10-18(27)24(2)15-4-6-28-11-15/h3,5,7-9,15,26H,4,6,10-11H2,1-2H3/t15-/m1/s1. The van der Waals surface area contributed by atoms with Gasteiger partial charge in [-0.15, -0.1) is 10.2 Å². The smallest absolute Gasteiger partial charge is 0.242 e. The molecule has 2 aromatic heterocycles. The maximum Gasteiger partial charge on any atom is 0.242 e. The lowest BCUT2D eigenvalue weighted by Gasteiger charge is -2.23. The van der Waals surface area contributed by atoms with Crippen molar-refractivity contribution < 1.29 is 14.6 Å². The zero-order chi connectivity index (χ0) is 19.8.